The number of thiophene rings is 1. The fourth-order valence-electron chi connectivity index (χ4n) is 2.98. The van der Waals surface area contributed by atoms with Gasteiger partial charge in [-0.05, 0) is 55.4 Å². The number of anilines is 1. The van der Waals surface area contributed by atoms with E-state index in [1.807, 2.05) is 18.2 Å². The summed E-state index contributed by atoms with van der Waals surface area (Å²) in [4.78, 5) is 14.5. The Kier molecular flexibility index (Phi) is 5.34. The highest BCUT2D eigenvalue weighted by molar-refractivity contribution is 7.14. The number of carbonyl (C=O) groups excluding carboxylic acids is 1. The van der Waals surface area contributed by atoms with Crippen LogP contribution in [0.1, 0.15) is 39.9 Å². The molecule has 3 nitrogen and oxygen atoms in total. The second-order valence-electron chi connectivity index (χ2n) is 6.31. The summed E-state index contributed by atoms with van der Waals surface area (Å²) in [7, 11) is 0. The van der Waals surface area contributed by atoms with Gasteiger partial charge in [0.15, 0.2) is 0 Å². The molecule has 0 saturated heterocycles. The number of aryl methyl sites for hydroxylation is 1. The van der Waals surface area contributed by atoms with E-state index in [1.165, 1.54) is 16.9 Å². The zero-order valence-electron chi connectivity index (χ0n) is 13.6. The molecule has 0 bridgehead atoms. The van der Waals surface area contributed by atoms with Crippen molar-refractivity contribution in [3.63, 3.8) is 0 Å². The minimum absolute atomic E-state index is 0.0803. The SMILES string of the molecule is CC1CCc2sc(C(=O)NCCCNc3ccccc3)cc2C1. The lowest BCUT2D eigenvalue weighted by Gasteiger charge is -2.16. The van der Waals surface area contributed by atoms with E-state index >= 15 is 0 Å². The van der Waals surface area contributed by atoms with E-state index in [0.717, 1.165) is 42.3 Å². The molecule has 0 aliphatic heterocycles. The molecular formula is C19H24N2OS. The third-order valence-electron chi connectivity index (χ3n) is 4.30. The van der Waals surface area contributed by atoms with E-state index in [2.05, 4.69) is 35.8 Å². The zero-order chi connectivity index (χ0) is 16.1. The summed E-state index contributed by atoms with van der Waals surface area (Å²) in [6, 6.07) is 12.2. The Morgan fingerprint density at radius 3 is 2.91 bits per heavy atom. The van der Waals surface area contributed by atoms with Crippen molar-refractivity contribution in [2.45, 2.75) is 32.6 Å². The third kappa shape index (κ3) is 4.35. The van der Waals surface area contributed by atoms with Crippen molar-refractivity contribution < 1.29 is 4.79 Å². The first kappa shape index (κ1) is 16.1. The molecule has 1 aromatic carbocycles. The first-order valence-electron chi connectivity index (χ1n) is 8.41. The van der Waals surface area contributed by atoms with Crippen LogP contribution >= 0.6 is 11.3 Å². The van der Waals surface area contributed by atoms with Crippen LogP contribution in [0.5, 0.6) is 0 Å². The molecule has 0 radical (unpaired) electrons. The Bertz CT molecular complexity index is 651. The predicted molar refractivity (Wildman–Crippen MR) is 97.4 cm³/mol. The topological polar surface area (TPSA) is 41.1 Å². The van der Waals surface area contributed by atoms with Gasteiger partial charge in [0.2, 0.25) is 0 Å². The van der Waals surface area contributed by atoms with Crippen LogP contribution in [0.25, 0.3) is 0 Å². The van der Waals surface area contributed by atoms with Gasteiger partial charge >= 0.3 is 0 Å². The maximum atomic E-state index is 12.3. The summed E-state index contributed by atoms with van der Waals surface area (Å²) in [6.07, 6.45) is 4.43. The standard InChI is InChI=1S/C19H24N2OS/c1-14-8-9-17-15(12-14)13-18(23-17)19(22)21-11-5-10-20-16-6-3-2-4-7-16/h2-4,6-7,13-14,20H,5,8-12H2,1H3,(H,21,22). The minimum Gasteiger partial charge on any atom is -0.385 e. The molecule has 1 aliphatic rings. The van der Waals surface area contributed by atoms with Crippen LogP contribution in [0.4, 0.5) is 5.69 Å². The van der Waals surface area contributed by atoms with E-state index in [0.29, 0.717) is 6.54 Å². The molecule has 0 spiro atoms. The van der Waals surface area contributed by atoms with Gasteiger partial charge in [-0.15, -0.1) is 11.3 Å². The van der Waals surface area contributed by atoms with Crippen molar-refractivity contribution >= 4 is 22.9 Å². The molecule has 1 heterocycles. The van der Waals surface area contributed by atoms with Crippen LogP contribution in [0.2, 0.25) is 0 Å². The molecule has 1 aliphatic carbocycles. The molecule has 23 heavy (non-hydrogen) atoms. The molecule has 122 valence electrons. The first-order chi connectivity index (χ1) is 11.2. The third-order valence-corrected chi connectivity index (χ3v) is 5.53. The second kappa shape index (κ2) is 7.64. The van der Waals surface area contributed by atoms with E-state index in [9.17, 15) is 4.79 Å². The van der Waals surface area contributed by atoms with E-state index in [4.69, 9.17) is 0 Å². The Labute approximate surface area is 142 Å². The Morgan fingerprint density at radius 1 is 1.26 bits per heavy atom. The predicted octanol–water partition coefficient (Wildman–Crippen LogP) is 4.10. The van der Waals surface area contributed by atoms with Crippen LogP contribution in [-0.4, -0.2) is 19.0 Å². The summed E-state index contributed by atoms with van der Waals surface area (Å²) in [5.74, 6) is 0.828. The molecule has 0 fully saturated rings. The smallest absolute Gasteiger partial charge is 0.261 e. The summed E-state index contributed by atoms with van der Waals surface area (Å²) in [5.41, 5.74) is 2.52. The van der Waals surface area contributed by atoms with Gasteiger partial charge in [-0.25, -0.2) is 0 Å². The van der Waals surface area contributed by atoms with Crippen LogP contribution in [0, 0.1) is 5.92 Å². The molecule has 3 rings (SSSR count). The van der Waals surface area contributed by atoms with Gasteiger partial charge in [-0.2, -0.15) is 0 Å². The molecular weight excluding hydrogens is 304 g/mol. The van der Waals surface area contributed by atoms with Gasteiger partial charge in [-0.1, -0.05) is 25.1 Å². The largest absolute Gasteiger partial charge is 0.385 e. The fourth-order valence-corrected chi connectivity index (χ4v) is 4.11. The highest BCUT2D eigenvalue weighted by Gasteiger charge is 2.20. The number of fused-ring (bicyclic) bond motifs is 1. The normalized spacial score (nSPS) is 16.7. The molecule has 1 unspecified atom stereocenters. The summed E-state index contributed by atoms with van der Waals surface area (Å²) < 4.78 is 0. The molecule has 0 saturated carbocycles. The second-order valence-corrected chi connectivity index (χ2v) is 7.45. The number of nitrogens with one attached hydrogen (secondary N) is 2. The van der Waals surface area contributed by atoms with E-state index in [1.54, 1.807) is 11.3 Å². The average Bonchev–Trinajstić information content (AvgIpc) is 2.98. The Hall–Kier alpha value is -1.81. The fraction of sp³-hybridized carbons (Fsp3) is 0.421. The highest BCUT2D eigenvalue weighted by atomic mass is 32.1. The van der Waals surface area contributed by atoms with Crippen molar-refractivity contribution in [3.8, 4) is 0 Å². The number of carbonyl (C=O) groups is 1. The van der Waals surface area contributed by atoms with Crippen molar-refractivity contribution in [3.05, 3.63) is 51.7 Å². The number of amides is 1. The van der Waals surface area contributed by atoms with Gasteiger partial charge in [0.1, 0.15) is 0 Å². The van der Waals surface area contributed by atoms with Crippen molar-refractivity contribution in [2.24, 2.45) is 5.92 Å². The van der Waals surface area contributed by atoms with Gasteiger partial charge in [0, 0.05) is 23.7 Å². The monoisotopic (exact) mass is 328 g/mol. The average molecular weight is 328 g/mol. The van der Waals surface area contributed by atoms with Crippen LogP contribution in [0.3, 0.4) is 0 Å². The zero-order valence-corrected chi connectivity index (χ0v) is 14.4. The van der Waals surface area contributed by atoms with Gasteiger partial charge in [0.05, 0.1) is 4.88 Å². The van der Waals surface area contributed by atoms with E-state index < -0.39 is 0 Å². The number of benzene rings is 1. The molecule has 1 aromatic heterocycles. The van der Waals surface area contributed by atoms with E-state index in [-0.39, 0.29) is 5.91 Å². The molecule has 2 aromatic rings. The first-order valence-corrected chi connectivity index (χ1v) is 9.22. The summed E-state index contributed by atoms with van der Waals surface area (Å²) in [5, 5.41) is 6.39. The number of hydrogen-bond donors (Lipinski definition) is 2. The molecule has 4 heteroatoms. The lowest BCUT2D eigenvalue weighted by Crippen LogP contribution is -2.25. The van der Waals surface area contributed by atoms with Gasteiger partial charge in [-0.3, -0.25) is 4.79 Å². The minimum atomic E-state index is 0.0803. The van der Waals surface area contributed by atoms with Gasteiger partial charge < -0.3 is 10.6 Å². The lowest BCUT2D eigenvalue weighted by molar-refractivity contribution is 0.0957. The quantitative estimate of drug-likeness (QED) is 0.784. The van der Waals surface area contributed by atoms with Crippen LogP contribution < -0.4 is 10.6 Å². The summed E-state index contributed by atoms with van der Waals surface area (Å²) >= 11 is 1.68. The van der Waals surface area contributed by atoms with Crippen LogP contribution in [-0.2, 0) is 12.8 Å². The van der Waals surface area contributed by atoms with Gasteiger partial charge in [0.25, 0.3) is 5.91 Å². The van der Waals surface area contributed by atoms with Crippen molar-refractivity contribution in [1.82, 2.24) is 5.32 Å². The highest BCUT2D eigenvalue weighted by Crippen LogP contribution is 2.32. The number of rotatable bonds is 6. The number of para-hydroxylation sites is 1. The van der Waals surface area contributed by atoms with Crippen molar-refractivity contribution in [1.29, 1.82) is 0 Å². The summed E-state index contributed by atoms with van der Waals surface area (Å²) in [6.45, 7) is 3.86. The molecule has 2 N–H and O–H groups in total. The Morgan fingerprint density at radius 2 is 2.09 bits per heavy atom. The maximum Gasteiger partial charge on any atom is 0.261 e. The van der Waals surface area contributed by atoms with Crippen molar-refractivity contribution in [2.75, 3.05) is 18.4 Å². The lowest BCUT2D eigenvalue weighted by atomic mass is 9.90. The maximum absolute atomic E-state index is 12.3. The molecule has 1 atom stereocenters. The Balaban J connectivity index is 1.41. The molecule has 1 amide bonds. The number of hydrogen-bond acceptors (Lipinski definition) is 3. The van der Waals surface area contributed by atoms with Crippen LogP contribution in [0.15, 0.2) is 36.4 Å².